The van der Waals surface area contributed by atoms with Gasteiger partial charge < -0.3 is 19.6 Å². The molecule has 1 amide bonds. The molecule has 0 bridgehead atoms. The third kappa shape index (κ3) is 4.66. The van der Waals surface area contributed by atoms with Crippen LogP contribution in [0.3, 0.4) is 0 Å². The molecule has 0 radical (unpaired) electrons. The zero-order chi connectivity index (χ0) is 21.0. The van der Waals surface area contributed by atoms with Gasteiger partial charge in [-0.3, -0.25) is 25.0 Å². The van der Waals surface area contributed by atoms with Crippen LogP contribution in [-0.4, -0.2) is 20.9 Å². The SMILES string of the molecule is O=C(Nc1ccc([N+](=O)[O-])cc1O)c1ccc(COc2ccc([N+](=O)[O-])cc2)o1. The Kier molecular flexibility index (Phi) is 5.39. The molecule has 2 aromatic carbocycles. The van der Waals surface area contributed by atoms with Crippen molar-refractivity contribution in [2.75, 3.05) is 5.32 Å². The Labute approximate surface area is 162 Å². The fourth-order valence-electron chi connectivity index (χ4n) is 2.32. The molecule has 1 heterocycles. The van der Waals surface area contributed by atoms with E-state index >= 15 is 0 Å². The van der Waals surface area contributed by atoms with Crippen molar-refractivity contribution < 1.29 is 28.9 Å². The lowest BCUT2D eigenvalue weighted by Crippen LogP contribution is -2.11. The topological polar surface area (TPSA) is 158 Å². The van der Waals surface area contributed by atoms with Crippen LogP contribution in [-0.2, 0) is 6.61 Å². The van der Waals surface area contributed by atoms with Crippen LogP contribution in [0.25, 0.3) is 0 Å². The molecular weight excluding hydrogens is 386 g/mol. The largest absolute Gasteiger partial charge is 0.506 e. The fraction of sp³-hybridized carbons (Fsp3) is 0.0556. The molecule has 3 aromatic rings. The molecule has 0 aliphatic heterocycles. The first-order valence-corrected chi connectivity index (χ1v) is 8.08. The van der Waals surface area contributed by atoms with E-state index in [2.05, 4.69) is 5.32 Å². The fourth-order valence-corrected chi connectivity index (χ4v) is 2.32. The number of carbonyl (C=O) groups is 1. The molecule has 0 fully saturated rings. The Balaban J connectivity index is 1.61. The highest BCUT2D eigenvalue weighted by Gasteiger charge is 2.16. The van der Waals surface area contributed by atoms with Crippen LogP contribution in [0.15, 0.2) is 59.0 Å². The van der Waals surface area contributed by atoms with Crippen molar-refractivity contribution in [1.82, 2.24) is 0 Å². The summed E-state index contributed by atoms with van der Waals surface area (Å²) in [5, 5.41) is 33.5. The first-order chi connectivity index (χ1) is 13.8. The first kappa shape index (κ1) is 19.4. The van der Waals surface area contributed by atoms with Crippen molar-refractivity contribution in [3.8, 4) is 11.5 Å². The summed E-state index contributed by atoms with van der Waals surface area (Å²) in [7, 11) is 0. The molecule has 2 N–H and O–H groups in total. The van der Waals surface area contributed by atoms with E-state index in [9.17, 15) is 30.1 Å². The third-order valence-corrected chi connectivity index (χ3v) is 3.75. The molecule has 29 heavy (non-hydrogen) atoms. The molecule has 0 saturated carbocycles. The number of phenols is 1. The minimum Gasteiger partial charge on any atom is -0.506 e. The van der Waals surface area contributed by atoms with E-state index in [-0.39, 0.29) is 29.4 Å². The minimum absolute atomic E-state index is 0.0133. The van der Waals surface area contributed by atoms with Gasteiger partial charge in [-0.25, -0.2) is 0 Å². The van der Waals surface area contributed by atoms with Crippen molar-refractivity contribution in [3.05, 3.63) is 86.3 Å². The number of nitro groups is 2. The normalized spacial score (nSPS) is 10.3. The highest BCUT2D eigenvalue weighted by molar-refractivity contribution is 6.03. The summed E-state index contributed by atoms with van der Waals surface area (Å²) in [6, 6.07) is 11.6. The summed E-state index contributed by atoms with van der Waals surface area (Å²) < 4.78 is 10.8. The summed E-state index contributed by atoms with van der Waals surface area (Å²) in [4.78, 5) is 32.3. The number of ether oxygens (including phenoxy) is 1. The second-order valence-corrected chi connectivity index (χ2v) is 5.72. The molecule has 1 aromatic heterocycles. The highest BCUT2D eigenvalue weighted by Crippen LogP contribution is 2.28. The molecule has 148 valence electrons. The van der Waals surface area contributed by atoms with Crippen molar-refractivity contribution in [3.63, 3.8) is 0 Å². The van der Waals surface area contributed by atoms with Crippen LogP contribution >= 0.6 is 0 Å². The van der Waals surface area contributed by atoms with E-state index in [1.807, 2.05) is 0 Å². The van der Waals surface area contributed by atoms with Gasteiger partial charge >= 0.3 is 0 Å². The monoisotopic (exact) mass is 399 g/mol. The predicted molar refractivity (Wildman–Crippen MR) is 98.9 cm³/mol. The number of phenolic OH excluding ortho intramolecular Hbond substituents is 1. The molecule has 11 nitrogen and oxygen atoms in total. The number of anilines is 1. The third-order valence-electron chi connectivity index (χ3n) is 3.75. The number of carbonyl (C=O) groups excluding carboxylic acids is 1. The predicted octanol–water partition coefficient (Wildman–Crippen LogP) is 3.63. The van der Waals surface area contributed by atoms with Gasteiger partial charge in [0.1, 0.15) is 23.9 Å². The van der Waals surface area contributed by atoms with Gasteiger partial charge in [0.2, 0.25) is 0 Å². The number of nitrogens with zero attached hydrogens (tertiary/aromatic N) is 2. The summed E-state index contributed by atoms with van der Waals surface area (Å²) in [5.41, 5.74) is -0.395. The lowest BCUT2D eigenvalue weighted by Gasteiger charge is -2.06. The van der Waals surface area contributed by atoms with E-state index in [1.54, 1.807) is 0 Å². The van der Waals surface area contributed by atoms with E-state index in [4.69, 9.17) is 9.15 Å². The summed E-state index contributed by atoms with van der Waals surface area (Å²) >= 11 is 0. The van der Waals surface area contributed by atoms with Crippen LogP contribution in [0.1, 0.15) is 16.3 Å². The van der Waals surface area contributed by atoms with Gasteiger partial charge in [-0.2, -0.15) is 0 Å². The molecule has 0 saturated heterocycles. The smallest absolute Gasteiger partial charge is 0.291 e. The molecule has 0 aliphatic rings. The van der Waals surface area contributed by atoms with Crippen LogP contribution < -0.4 is 10.1 Å². The van der Waals surface area contributed by atoms with Gasteiger partial charge in [-0.15, -0.1) is 0 Å². The van der Waals surface area contributed by atoms with Gasteiger partial charge in [0, 0.05) is 18.2 Å². The van der Waals surface area contributed by atoms with Crippen molar-refractivity contribution in [2.24, 2.45) is 0 Å². The average molecular weight is 399 g/mol. The molecule has 3 rings (SSSR count). The van der Waals surface area contributed by atoms with Gasteiger partial charge in [0.25, 0.3) is 17.3 Å². The minimum atomic E-state index is -0.672. The number of nitro benzene ring substituents is 2. The number of aromatic hydroxyl groups is 1. The van der Waals surface area contributed by atoms with E-state index in [1.165, 1.54) is 42.5 Å². The maximum Gasteiger partial charge on any atom is 0.291 e. The zero-order valence-electron chi connectivity index (χ0n) is 14.6. The highest BCUT2D eigenvalue weighted by atomic mass is 16.6. The van der Waals surface area contributed by atoms with Gasteiger partial charge in [-0.05, 0) is 30.3 Å². The molecular formula is C18H13N3O8. The number of rotatable bonds is 7. The molecule has 0 spiro atoms. The maximum absolute atomic E-state index is 12.2. The molecule has 0 aliphatic carbocycles. The van der Waals surface area contributed by atoms with E-state index < -0.39 is 21.5 Å². The summed E-state index contributed by atoms with van der Waals surface area (Å²) in [6.07, 6.45) is 0. The van der Waals surface area contributed by atoms with Gasteiger partial charge in [-0.1, -0.05) is 0 Å². The maximum atomic E-state index is 12.2. The van der Waals surface area contributed by atoms with Crippen molar-refractivity contribution in [2.45, 2.75) is 6.61 Å². The van der Waals surface area contributed by atoms with E-state index in [0.717, 1.165) is 12.1 Å². The van der Waals surface area contributed by atoms with Crippen LogP contribution in [0.4, 0.5) is 17.1 Å². The molecule has 0 unspecified atom stereocenters. The standard InChI is InChI=1S/C18H13N3O8/c22-16-9-12(21(26)27)3-7-15(16)19-18(23)17-8-6-14(29-17)10-28-13-4-1-11(2-5-13)20(24)25/h1-9,22H,10H2,(H,19,23). The van der Waals surface area contributed by atoms with Crippen LogP contribution in [0.5, 0.6) is 11.5 Å². The summed E-state index contributed by atoms with van der Waals surface area (Å²) in [5.74, 6) is -0.489. The van der Waals surface area contributed by atoms with Crippen LogP contribution in [0, 0.1) is 20.2 Å². The number of furan rings is 1. The zero-order valence-corrected chi connectivity index (χ0v) is 14.6. The molecule has 11 heteroatoms. The van der Waals surface area contributed by atoms with Gasteiger partial charge in [0.05, 0.1) is 21.6 Å². The quantitative estimate of drug-likeness (QED) is 0.346. The Morgan fingerprint density at radius 3 is 2.28 bits per heavy atom. The number of hydrogen-bond acceptors (Lipinski definition) is 8. The number of hydrogen-bond donors (Lipinski definition) is 2. The summed E-state index contributed by atoms with van der Waals surface area (Å²) in [6.45, 7) is -0.0200. The van der Waals surface area contributed by atoms with E-state index in [0.29, 0.717) is 11.5 Å². The second kappa shape index (κ2) is 8.08. The number of amides is 1. The average Bonchev–Trinajstić information content (AvgIpc) is 3.17. The van der Waals surface area contributed by atoms with Crippen molar-refractivity contribution >= 4 is 23.0 Å². The lowest BCUT2D eigenvalue weighted by atomic mass is 10.2. The first-order valence-electron chi connectivity index (χ1n) is 8.08. The van der Waals surface area contributed by atoms with Crippen molar-refractivity contribution in [1.29, 1.82) is 0 Å². The molecule has 0 atom stereocenters. The second-order valence-electron chi connectivity index (χ2n) is 5.72. The number of non-ortho nitro benzene ring substituents is 2. The Morgan fingerprint density at radius 2 is 1.66 bits per heavy atom. The Hall–Kier alpha value is -4.41. The van der Waals surface area contributed by atoms with Gasteiger partial charge in [0.15, 0.2) is 5.76 Å². The lowest BCUT2D eigenvalue weighted by molar-refractivity contribution is -0.385. The number of nitrogens with one attached hydrogen (secondary N) is 1. The Morgan fingerprint density at radius 1 is 1.00 bits per heavy atom. The van der Waals surface area contributed by atoms with Crippen LogP contribution in [0.2, 0.25) is 0 Å². The number of benzene rings is 2. The Bertz CT molecular complexity index is 1070.